The van der Waals surface area contributed by atoms with Gasteiger partial charge in [0.15, 0.2) is 10.8 Å². The number of carbonyl (C=O) groups excluding carboxylic acids is 1. The van der Waals surface area contributed by atoms with Gasteiger partial charge in [0, 0.05) is 11.9 Å². The largest absolute Gasteiger partial charge is 0.368 e. The van der Waals surface area contributed by atoms with E-state index >= 15 is 0 Å². The van der Waals surface area contributed by atoms with E-state index in [0.29, 0.717) is 10.9 Å². The molecule has 0 bridgehead atoms. The summed E-state index contributed by atoms with van der Waals surface area (Å²) in [7, 11) is 0. The molecule has 4 N–H and O–H groups in total. The van der Waals surface area contributed by atoms with E-state index in [2.05, 4.69) is 10.2 Å². The molecule has 90 valence electrons. The Hall–Kier alpha value is -1.60. The Balaban J connectivity index is 2.17. The highest BCUT2D eigenvalue weighted by molar-refractivity contribution is 7.99. The Morgan fingerprint density at radius 1 is 1.53 bits per heavy atom. The number of thioether (sulfide) groups is 1. The number of hydrogen-bond donors (Lipinski definition) is 2. The maximum absolute atomic E-state index is 11.1. The number of fused-ring (bicyclic) bond motifs is 1. The van der Waals surface area contributed by atoms with Crippen LogP contribution in [0.4, 0.5) is 0 Å². The lowest BCUT2D eigenvalue weighted by Crippen LogP contribution is -2.51. The smallest absolute Gasteiger partial charge is 0.238 e. The van der Waals surface area contributed by atoms with E-state index in [4.69, 9.17) is 11.5 Å². The Bertz CT molecular complexity index is 550. The van der Waals surface area contributed by atoms with Crippen molar-refractivity contribution < 1.29 is 4.79 Å². The quantitative estimate of drug-likeness (QED) is 0.746. The van der Waals surface area contributed by atoms with Crippen LogP contribution in [0.15, 0.2) is 29.6 Å². The number of primary amides is 1. The van der Waals surface area contributed by atoms with Crippen molar-refractivity contribution >= 4 is 23.3 Å². The third-order valence-electron chi connectivity index (χ3n) is 2.35. The molecule has 0 aromatic carbocycles. The molecule has 1 unspecified atom stereocenters. The minimum atomic E-state index is -1.05. The van der Waals surface area contributed by atoms with Crippen LogP contribution in [0.3, 0.4) is 0 Å². The van der Waals surface area contributed by atoms with Gasteiger partial charge < -0.3 is 11.5 Å². The number of carbonyl (C=O) groups is 1. The summed E-state index contributed by atoms with van der Waals surface area (Å²) in [5.41, 5.74) is 10.7. The van der Waals surface area contributed by atoms with Crippen LogP contribution in [0.1, 0.15) is 6.92 Å². The molecule has 0 radical (unpaired) electrons. The molecule has 0 aliphatic carbocycles. The highest BCUT2D eigenvalue weighted by Crippen LogP contribution is 2.20. The third kappa shape index (κ3) is 2.40. The van der Waals surface area contributed by atoms with Crippen LogP contribution in [0, 0.1) is 0 Å². The summed E-state index contributed by atoms with van der Waals surface area (Å²) in [4.78, 5) is 11.1. The maximum atomic E-state index is 11.1. The number of amides is 1. The van der Waals surface area contributed by atoms with Crippen molar-refractivity contribution in [1.29, 1.82) is 0 Å². The zero-order valence-electron chi connectivity index (χ0n) is 9.33. The van der Waals surface area contributed by atoms with Gasteiger partial charge in [-0.15, -0.1) is 10.2 Å². The topological polar surface area (TPSA) is 99.3 Å². The van der Waals surface area contributed by atoms with Crippen LogP contribution >= 0.6 is 11.8 Å². The normalized spacial score (nSPS) is 14.7. The monoisotopic (exact) mass is 251 g/mol. The van der Waals surface area contributed by atoms with E-state index in [1.54, 1.807) is 6.92 Å². The van der Waals surface area contributed by atoms with E-state index in [-0.39, 0.29) is 0 Å². The van der Waals surface area contributed by atoms with Gasteiger partial charge in [-0.1, -0.05) is 17.8 Å². The third-order valence-corrected chi connectivity index (χ3v) is 3.63. The molecule has 2 rings (SSSR count). The molecule has 0 saturated carbocycles. The van der Waals surface area contributed by atoms with Crippen LogP contribution < -0.4 is 11.5 Å². The Morgan fingerprint density at radius 3 is 3.00 bits per heavy atom. The van der Waals surface area contributed by atoms with Gasteiger partial charge >= 0.3 is 0 Å². The van der Waals surface area contributed by atoms with E-state index in [9.17, 15) is 4.79 Å². The van der Waals surface area contributed by atoms with Gasteiger partial charge in [0.25, 0.3) is 0 Å². The van der Waals surface area contributed by atoms with Gasteiger partial charge in [-0.25, -0.2) is 0 Å². The number of rotatable bonds is 4. The van der Waals surface area contributed by atoms with E-state index < -0.39 is 11.4 Å². The molecule has 0 saturated heterocycles. The van der Waals surface area contributed by atoms with Crippen molar-refractivity contribution in [2.75, 3.05) is 5.75 Å². The van der Waals surface area contributed by atoms with E-state index in [0.717, 1.165) is 5.65 Å². The van der Waals surface area contributed by atoms with Crippen molar-refractivity contribution in [1.82, 2.24) is 14.6 Å². The van der Waals surface area contributed by atoms with Crippen molar-refractivity contribution in [2.45, 2.75) is 17.6 Å². The fourth-order valence-electron chi connectivity index (χ4n) is 1.20. The summed E-state index contributed by atoms with van der Waals surface area (Å²) in [5.74, 6) is -0.170. The lowest BCUT2D eigenvalue weighted by Gasteiger charge is -2.18. The first-order valence-electron chi connectivity index (χ1n) is 5.02. The SMILES string of the molecule is CC(N)(CSc1nnc2ccccn12)C(N)=O. The average Bonchev–Trinajstić information content (AvgIpc) is 2.69. The van der Waals surface area contributed by atoms with Crippen LogP contribution in [-0.2, 0) is 4.79 Å². The van der Waals surface area contributed by atoms with Crippen LogP contribution in [0.2, 0.25) is 0 Å². The van der Waals surface area contributed by atoms with Gasteiger partial charge in [-0.2, -0.15) is 0 Å². The van der Waals surface area contributed by atoms with Gasteiger partial charge in [0.05, 0.1) is 0 Å². The molecule has 6 nitrogen and oxygen atoms in total. The first-order valence-corrected chi connectivity index (χ1v) is 6.00. The molecule has 0 aliphatic heterocycles. The highest BCUT2D eigenvalue weighted by Gasteiger charge is 2.26. The predicted octanol–water partition coefficient (Wildman–Crippen LogP) is 0.0241. The van der Waals surface area contributed by atoms with Crippen molar-refractivity contribution in [3.8, 4) is 0 Å². The molecule has 7 heteroatoms. The summed E-state index contributed by atoms with van der Waals surface area (Å²) in [6, 6.07) is 5.62. The second-order valence-electron chi connectivity index (χ2n) is 3.98. The van der Waals surface area contributed by atoms with Crippen LogP contribution in [-0.4, -0.2) is 31.8 Å². The number of nitrogens with zero attached hydrogens (tertiary/aromatic N) is 3. The molecule has 2 aromatic rings. The molecule has 2 aromatic heterocycles. The molecule has 0 spiro atoms. The first kappa shape index (κ1) is 11.9. The summed E-state index contributed by atoms with van der Waals surface area (Å²) in [6.45, 7) is 1.60. The molecule has 1 amide bonds. The fourth-order valence-corrected chi connectivity index (χ4v) is 2.17. The Kier molecular flexibility index (Phi) is 3.03. The molecule has 0 aliphatic rings. The van der Waals surface area contributed by atoms with Gasteiger partial charge in [-0.05, 0) is 19.1 Å². The minimum Gasteiger partial charge on any atom is -0.368 e. The predicted molar refractivity (Wildman–Crippen MR) is 65.5 cm³/mol. The lowest BCUT2D eigenvalue weighted by atomic mass is 10.1. The fraction of sp³-hybridized carbons (Fsp3) is 0.300. The molecule has 1 atom stereocenters. The number of aromatic nitrogens is 3. The number of nitrogens with two attached hydrogens (primary N) is 2. The summed E-state index contributed by atoms with van der Waals surface area (Å²) < 4.78 is 1.84. The first-order chi connectivity index (χ1) is 8.00. The van der Waals surface area contributed by atoms with Crippen molar-refractivity contribution in [3.63, 3.8) is 0 Å². The van der Waals surface area contributed by atoms with E-state index in [1.807, 2.05) is 28.8 Å². The molecule has 17 heavy (non-hydrogen) atoms. The maximum Gasteiger partial charge on any atom is 0.238 e. The zero-order chi connectivity index (χ0) is 12.5. The van der Waals surface area contributed by atoms with Gasteiger partial charge in [0.2, 0.25) is 5.91 Å². The second kappa shape index (κ2) is 4.34. The standard InChI is InChI=1S/C10H13N5OS/c1-10(12,8(11)16)6-17-9-14-13-7-4-2-3-5-15(7)9/h2-5H,6,12H2,1H3,(H2,11,16). The van der Waals surface area contributed by atoms with E-state index in [1.165, 1.54) is 11.8 Å². The molecule has 0 fully saturated rings. The van der Waals surface area contributed by atoms with Crippen LogP contribution in [0.25, 0.3) is 5.65 Å². The second-order valence-corrected chi connectivity index (χ2v) is 4.92. The van der Waals surface area contributed by atoms with Crippen molar-refractivity contribution in [2.24, 2.45) is 11.5 Å². The number of hydrogen-bond acceptors (Lipinski definition) is 5. The zero-order valence-corrected chi connectivity index (χ0v) is 10.1. The van der Waals surface area contributed by atoms with Crippen molar-refractivity contribution in [3.05, 3.63) is 24.4 Å². The Labute approximate surface area is 102 Å². The summed E-state index contributed by atoms with van der Waals surface area (Å²) in [6.07, 6.45) is 1.86. The molecular formula is C10H13N5OS. The van der Waals surface area contributed by atoms with Crippen LogP contribution in [0.5, 0.6) is 0 Å². The minimum absolute atomic E-state index is 0.359. The summed E-state index contributed by atoms with van der Waals surface area (Å²) >= 11 is 1.36. The molecular weight excluding hydrogens is 238 g/mol. The highest BCUT2D eigenvalue weighted by atomic mass is 32.2. The number of pyridine rings is 1. The molecule has 2 heterocycles. The van der Waals surface area contributed by atoms with Gasteiger partial charge in [-0.3, -0.25) is 9.20 Å². The van der Waals surface area contributed by atoms with Gasteiger partial charge in [0.1, 0.15) is 5.54 Å². The lowest BCUT2D eigenvalue weighted by molar-refractivity contribution is -0.121. The average molecular weight is 251 g/mol. The summed E-state index contributed by atoms with van der Waals surface area (Å²) in [5, 5.41) is 8.72. The Morgan fingerprint density at radius 2 is 2.29 bits per heavy atom.